The zero-order chi connectivity index (χ0) is 9.97. The lowest BCUT2D eigenvalue weighted by molar-refractivity contribution is 0.424. The Bertz CT molecular complexity index is 414. The van der Waals surface area contributed by atoms with Crippen molar-refractivity contribution in [3.63, 3.8) is 0 Å². The molecule has 0 unspecified atom stereocenters. The van der Waals surface area contributed by atoms with Crippen LogP contribution in [0, 0.1) is 0 Å². The highest BCUT2D eigenvalue weighted by molar-refractivity contribution is 6.57. The molecule has 0 saturated heterocycles. The largest absolute Gasteiger partial charge is 0.510 e. The highest BCUT2D eigenvalue weighted by Crippen LogP contribution is 2.03. The Kier molecular flexibility index (Phi) is 2.34. The fourth-order valence-corrected chi connectivity index (χ4v) is 1.20. The van der Waals surface area contributed by atoms with Crippen LogP contribution in [-0.4, -0.2) is 26.9 Å². The predicted molar refractivity (Wildman–Crippen MR) is 53.4 cm³/mol. The number of hydrogen-bond acceptors (Lipinski definition) is 3. The van der Waals surface area contributed by atoms with Crippen molar-refractivity contribution in [2.24, 2.45) is 0 Å². The van der Waals surface area contributed by atoms with Crippen molar-refractivity contribution in [1.82, 2.24) is 9.78 Å². The molecule has 0 aliphatic heterocycles. The normalized spacial score (nSPS) is 10.1. The van der Waals surface area contributed by atoms with Crippen molar-refractivity contribution in [3.05, 3.63) is 42.6 Å². The molecular formula is C9H9BN2O2. The van der Waals surface area contributed by atoms with Crippen molar-refractivity contribution in [2.45, 2.75) is 0 Å². The molecule has 1 heterocycles. The second kappa shape index (κ2) is 3.65. The van der Waals surface area contributed by atoms with Gasteiger partial charge < -0.3 is 10.0 Å². The van der Waals surface area contributed by atoms with E-state index in [0.29, 0.717) is 0 Å². The number of nitrogens with zero attached hydrogens (tertiary/aromatic N) is 2. The minimum atomic E-state index is -1.51. The van der Waals surface area contributed by atoms with Gasteiger partial charge in [0.2, 0.25) is 0 Å². The lowest BCUT2D eigenvalue weighted by Gasteiger charge is -1.99. The quantitative estimate of drug-likeness (QED) is 0.627. The molecule has 5 heteroatoms. The summed E-state index contributed by atoms with van der Waals surface area (Å²) >= 11 is 0. The summed E-state index contributed by atoms with van der Waals surface area (Å²) in [5.41, 5.74) is 1.13. The summed E-state index contributed by atoms with van der Waals surface area (Å²) in [5, 5.41) is 21.7. The summed E-state index contributed by atoms with van der Waals surface area (Å²) < 4.78 is 1.59. The summed E-state index contributed by atoms with van der Waals surface area (Å²) in [7, 11) is -1.51. The van der Waals surface area contributed by atoms with Crippen LogP contribution in [0.25, 0.3) is 5.69 Å². The summed E-state index contributed by atoms with van der Waals surface area (Å²) in [6.45, 7) is 0. The molecule has 2 aromatic rings. The Morgan fingerprint density at radius 3 is 2.36 bits per heavy atom. The van der Waals surface area contributed by atoms with Crippen LogP contribution in [0.1, 0.15) is 0 Å². The monoisotopic (exact) mass is 188 g/mol. The number of aromatic nitrogens is 2. The Labute approximate surface area is 81.6 Å². The molecule has 0 bridgehead atoms. The van der Waals surface area contributed by atoms with E-state index in [2.05, 4.69) is 5.10 Å². The average Bonchev–Trinajstić information content (AvgIpc) is 2.68. The molecule has 0 saturated carbocycles. The Balaban J connectivity index is 2.34. The van der Waals surface area contributed by atoms with Crippen LogP contribution in [0.4, 0.5) is 0 Å². The standard InChI is InChI=1S/C9H9BN2O2/c13-10(14)9-6-7-12(11-9)8-4-2-1-3-5-8/h1-7,13-14H. The summed E-state index contributed by atoms with van der Waals surface area (Å²) in [5.74, 6) is 0. The zero-order valence-electron chi connectivity index (χ0n) is 7.41. The molecule has 14 heavy (non-hydrogen) atoms. The van der Waals surface area contributed by atoms with Crippen molar-refractivity contribution in [3.8, 4) is 5.69 Å². The van der Waals surface area contributed by atoms with E-state index in [1.165, 1.54) is 0 Å². The second-order valence-corrected chi connectivity index (χ2v) is 2.89. The molecule has 1 aromatic heterocycles. The van der Waals surface area contributed by atoms with Gasteiger partial charge in [-0.2, -0.15) is 5.10 Å². The fourth-order valence-electron chi connectivity index (χ4n) is 1.20. The third-order valence-corrected chi connectivity index (χ3v) is 1.89. The van der Waals surface area contributed by atoms with Crippen LogP contribution < -0.4 is 5.59 Å². The zero-order valence-corrected chi connectivity index (χ0v) is 7.41. The van der Waals surface area contributed by atoms with E-state index in [9.17, 15) is 0 Å². The molecule has 2 N–H and O–H groups in total. The predicted octanol–water partition coefficient (Wildman–Crippen LogP) is -0.448. The van der Waals surface area contributed by atoms with Crippen molar-refractivity contribution in [1.29, 1.82) is 0 Å². The first-order valence-corrected chi connectivity index (χ1v) is 4.24. The molecule has 0 aliphatic rings. The van der Waals surface area contributed by atoms with Gasteiger partial charge in [0.15, 0.2) is 0 Å². The van der Waals surface area contributed by atoms with Gasteiger partial charge in [-0.15, -0.1) is 0 Å². The highest BCUT2D eigenvalue weighted by atomic mass is 16.4. The highest BCUT2D eigenvalue weighted by Gasteiger charge is 2.14. The van der Waals surface area contributed by atoms with Gasteiger partial charge >= 0.3 is 7.12 Å². The molecule has 0 spiro atoms. The molecule has 0 fully saturated rings. The molecule has 0 radical (unpaired) electrons. The Hall–Kier alpha value is -1.59. The molecule has 4 nitrogen and oxygen atoms in total. The first kappa shape index (κ1) is 8.99. The van der Waals surface area contributed by atoms with Gasteiger partial charge in [-0.25, -0.2) is 4.68 Å². The van der Waals surface area contributed by atoms with E-state index < -0.39 is 7.12 Å². The molecule has 1 aromatic carbocycles. The third-order valence-electron chi connectivity index (χ3n) is 1.89. The van der Waals surface area contributed by atoms with Crippen LogP contribution >= 0.6 is 0 Å². The minimum Gasteiger partial charge on any atom is -0.422 e. The topological polar surface area (TPSA) is 58.3 Å². The number of benzene rings is 1. The molecule has 0 atom stereocenters. The summed E-state index contributed by atoms with van der Waals surface area (Å²) in [6.07, 6.45) is 1.68. The molecule has 0 amide bonds. The van der Waals surface area contributed by atoms with Gasteiger partial charge in [0, 0.05) is 6.20 Å². The second-order valence-electron chi connectivity index (χ2n) is 2.89. The van der Waals surface area contributed by atoms with E-state index in [0.717, 1.165) is 5.69 Å². The van der Waals surface area contributed by atoms with E-state index in [1.807, 2.05) is 30.3 Å². The number of para-hydroxylation sites is 1. The van der Waals surface area contributed by atoms with E-state index in [4.69, 9.17) is 10.0 Å². The molecular weight excluding hydrogens is 179 g/mol. The van der Waals surface area contributed by atoms with E-state index in [1.54, 1.807) is 16.9 Å². The Morgan fingerprint density at radius 2 is 1.79 bits per heavy atom. The van der Waals surface area contributed by atoms with Crippen LogP contribution in [-0.2, 0) is 0 Å². The van der Waals surface area contributed by atoms with Gasteiger partial charge in [0.25, 0.3) is 0 Å². The SMILES string of the molecule is OB(O)c1ccn(-c2ccccc2)n1. The smallest absolute Gasteiger partial charge is 0.422 e. The van der Waals surface area contributed by atoms with Gasteiger partial charge in [0.05, 0.1) is 11.3 Å². The van der Waals surface area contributed by atoms with Crippen LogP contribution in [0.15, 0.2) is 42.6 Å². The van der Waals surface area contributed by atoms with Crippen LogP contribution in [0.2, 0.25) is 0 Å². The van der Waals surface area contributed by atoms with Gasteiger partial charge in [-0.1, -0.05) is 18.2 Å². The minimum absolute atomic E-state index is 0.244. The van der Waals surface area contributed by atoms with Crippen molar-refractivity contribution < 1.29 is 10.0 Å². The van der Waals surface area contributed by atoms with Gasteiger partial charge in [0.1, 0.15) is 0 Å². The average molecular weight is 188 g/mol. The first-order chi connectivity index (χ1) is 6.77. The first-order valence-electron chi connectivity index (χ1n) is 4.24. The van der Waals surface area contributed by atoms with Gasteiger partial charge in [-0.3, -0.25) is 0 Å². The number of rotatable bonds is 2. The molecule has 70 valence electrons. The maximum Gasteiger partial charge on any atom is 0.510 e. The third kappa shape index (κ3) is 1.68. The van der Waals surface area contributed by atoms with Crippen LogP contribution in [0.3, 0.4) is 0 Å². The fraction of sp³-hybridized carbons (Fsp3) is 0. The Morgan fingerprint density at radius 1 is 1.07 bits per heavy atom. The lowest BCUT2D eigenvalue weighted by Crippen LogP contribution is -2.31. The number of hydrogen-bond donors (Lipinski definition) is 2. The molecule has 2 rings (SSSR count). The van der Waals surface area contributed by atoms with Gasteiger partial charge in [-0.05, 0) is 18.2 Å². The van der Waals surface area contributed by atoms with Crippen LogP contribution in [0.5, 0.6) is 0 Å². The summed E-state index contributed by atoms with van der Waals surface area (Å²) in [6, 6.07) is 11.0. The van der Waals surface area contributed by atoms with E-state index >= 15 is 0 Å². The van der Waals surface area contributed by atoms with Crippen molar-refractivity contribution in [2.75, 3.05) is 0 Å². The maximum atomic E-state index is 8.86. The lowest BCUT2D eigenvalue weighted by atomic mass is 9.87. The van der Waals surface area contributed by atoms with Crippen molar-refractivity contribution >= 4 is 12.7 Å². The van der Waals surface area contributed by atoms with E-state index in [-0.39, 0.29) is 5.59 Å². The molecule has 0 aliphatic carbocycles. The maximum absolute atomic E-state index is 8.86. The summed E-state index contributed by atoms with van der Waals surface area (Å²) in [4.78, 5) is 0.